The van der Waals surface area contributed by atoms with Crippen molar-refractivity contribution in [3.8, 4) is 0 Å². The molecule has 1 atom stereocenters. The van der Waals surface area contributed by atoms with Crippen molar-refractivity contribution in [1.29, 1.82) is 0 Å². The van der Waals surface area contributed by atoms with E-state index in [9.17, 15) is 0 Å². The second-order valence-corrected chi connectivity index (χ2v) is 5.33. The minimum absolute atomic E-state index is 0.402. The van der Waals surface area contributed by atoms with Gasteiger partial charge in [-0.2, -0.15) is 0 Å². The zero-order chi connectivity index (χ0) is 9.68. The summed E-state index contributed by atoms with van der Waals surface area (Å²) in [6.45, 7) is 9.95. The standard InChI is InChI=1S/C9H22N2OSi/c1-4-9-7-10-5-6-11(9)13-12-8(2)3/h8-10H,4-7,13H2,1-3H3. The molecule has 1 heterocycles. The summed E-state index contributed by atoms with van der Waals surface area (Å²) in [4.78, 5) is 0. The van der Waals surface area contributed by atoms with Crippen molar-refractivity contribution >= 4 is 9.92 Å². The summed E-state index contributed by atoms with van der Waals surface area (Å²) in [7, 11) is -0.447. The zero-order valence-electron chi connectivity index (χ0n) is 9.05. The number of nitrogens with zero attached hydrogens (tertiary/aromatic N) is 1. The van der Waals surface area contributed by atoms with Gasteiger partial charge < -0.3 is 14.3 Å². The molecule has 0 aliphatic carbocycles. The first-order valence-corrected chi connectivity index (χ1v) is 6.51. The summed E-state index contributed by atoms with van der Waals surface area (Å²) in [5.74, 6) is 0. The molecule has 3 nitrogen and oxygen atoms in total. The first-order valence-electron chi connectivity index (χ1n) is 5.30. The third-order valence-electron chi connectivity index (χ3n) is 2.52. The van der Waals surface area contributed by atoms with E-state index in [1.807, 2.05) is 0 Å². The molecule has 1 rings (SSSR count). The second kappa shape index (κ2) is 5.75. The van der Waals surface area contributed by atoms with Crippen LogP contribution in [0.2, 0.25) is 0 Å². The van der Waals surface area contributed by atoms with Gasteiger partial charge in [0.15, 0.2) is 0 Å². The van der Waals surface area contributed by atoms with Crippen molar-refractivity contribution in [3.63, 3.8) is 0 Å². The molecule has 0 saturated carbocycles. The van der Waals surface area contributed by atoms with E-state index in [1.54, 1.807) is 0 Å². The van der Waals surface area contributed by atoms with Crippen LogP contribution in [-0.4, -0.2) is 46.3 Å². The van der Waals surface area contributed by atoms with Crippen molar-refractivity contribution in [2.75, 3.05) is 19.6 Å². The molecule has 0 aromatic heterocycles. The average Bonchev–Trinajstić information content (AvgIpc) is 2.15. The molecule has 0 spiro atoms. The molecule has 1 aliphatic heterocycles. The molecule has 0 radical (unpaired) electrons. The lowest BCUT2D eigenvalue weighted by Gasteiger charge is -2.35. The number of nitrogens with one attached hydrogen (secondary N) is 1. The third-order valence-corrected chi connectivity index (χ3v) is 4.50. The maximum Gasteiger partial charge on any atom is 0.239 e. The molecule has 4 heteroatoms. The average molecular weight is 202 g/mol. The predicted molar refractivity (Wildman–Crippen MR) is 58.4 cm³/mol. The fraction of sp³-hybridized carbons (Fsp3) is 1.00. The van der Waals surface area contributed by atoms with Crippen LogP contribution in [0.1, 0.15) is 27.2 Å². The lowest BCUT2D eigenvalue weighted by molar-refractivity contribution is 0.182. The number of hydrogen-bond acceptors (Lipinski definition) is 3. The van der Waals surface area contributed by atoms with Gasteiger partial charge in [-0.15, -0.1) is 0 Å². The van der Waals surface area contributed by atoms with E-state index in [2.05, 4.69) is 30.7 Å². The smallest absolute Gasteiger partial charge is 0.239 e. The Labute approximate surface area is 83.9 Å². The van der Waals surface area contributed by atoms with E-state index in [0.29, 0.717) is 6.10 Å². The maximum absolute atomic E-state index is 5.75. The Kier molecular flexibility index (Phi) is 4.94. The molecule has 78 valence electrons. The number of piperazine rings is 1. The van der Waals surface area contributed by atoms with Crippen LogP contribution in [0.4, 0.5) is 0 Å². The van der Waals surface area contributed by atoms with E-state index in [-0.39, 0.29) is 0 Å². The molecule has 1 aliphatic rings. The minimum atomic E-state index is -0.447. The highest BCUT2D eigenvalue weighted by atomic mass is 28.2. The first kappa shape index (κ1) is 11.2. The van der Waals surface area contributed by atoms with Gasteiger partial charge in [-0.25, -0.2) is 0 Å². The van der Waals surface area contributed by atoms with Crippen LogP contribution in [0.25, 0.3) is 0 Å². The van der Waals surface area contributed by atoms with Crippen molar-refractivity contribution in [2.24, 2.45) is 0 Å². The van der Waals surface area contributed by atoms with E-state index >= 15 is 0 Å². The number of rotatable bonds is 4. The minimum Gasteiger partial charge on any atom is -0.406 e. The Hall–Kier alpha value is 0.0969. The summed E-state index contributed by atoms with van der Waals surface area (Å²) < 4.78 is 8.32. The van der Waals surface area contributed by atoms with E-state index in [0.717, 1.165) is 19.1 Å². The fourth-order valence-corrected chi connectivity index (χ4v) is 3.00. The molecule has 1 N–H and O–H groups in total. The summed E-state index contributed by atoms with van der Waals surface area (Å²) in [5, 5.41) is 3.43. The normalized spacial score (nSPS) is 26.3. The van der Waals surface area contributed by atoms with Crippen LogP contribution in [0, 0.1) is 0 Å². The van der Waals surface area contributed by atoms with Crippen LogP contribution in [-0.2, 0) is 4.43 Å². The molecular formula is C9H22N2OSi. The summed E-state index contributed by atoms with van der Waals surface area (Å²) >= 11 is 0. The molecule has 1 unspecified atom stereocenters. The largest absolute Gasteiger partial charge is 0.406 e. The van der Waals surface area contributed by atoms with E-state index in [4.69, 9.17) is 4.43 Å². The predicted octanol–water partition coefficient (Wildman–Crippen LogP) is 0.0940. The van der Waals surface area contributed by atoms with Gasteiger partial charge in [0.1, 0.15) is 0 Å². The van der Waals surface area contributed by atoms with Gasteiger partial charge in [0.2, 0.25) is 9.92 Å². The van der Waals surface area contributed by atoms with Gasteiger partial charge in [-0.05, 0) is 20.3 Å². The SMILES string of the molecule is CCC1CNCCN1[SiH2]OC(C)C. The number of hydrogen-bond donors (Lipinski definition) is 1. The molecule has 1 fully saturated rings. The Balaban J connectivity index is 2.27. The van der Waals surface area contributed by atoms with Crippen LogP contribution < -0.4 is 5.32 Å². The quantitative estimate of drug-likeness (QED) is 0.654. The van der Waals surface area contributed by atoms with E-state index < -0.39 is 9.92 Å². The maximum atomic E-state index is 5.75. The van der Waals surface area contributed by atoms with Crippen LogP contribution >= 0.6 is 0 Å². The molecule has 1 saturated heterocycles. The lowest BCUT2D eigenvalue weighted by Crippen LogP contribution is -2.53. The Bertz CT molecular complexity index is 144. The highest BCUT2D eigenvalue weighted by Crippen LogP contribution is 2.05. The van der Waals surface area contributed by atoms with Gasteiger partial charge >= 0.3 is 0 Å². The first-order chi connectivity index (χ1) is 6.24. The highest BCUT2D eigenvalue weighted by molar-refractivity contribution is 6.23. The summed E-state index contributed by atoms with van der Waals surface area (Å²) in [6, 6.07) is 0.721. The van der Waals surface area contributed by atoms with Crippen LogP contribution in [0.3, 0.4) is 0 Å². The topological polar surface area (TPSA) is 24.5 Å². The molecular weight excluding hydrogens is 180 g/mol. The highest BCUT2D eigenvalue weighted by Gasteiger charge is 2.20. The summed E-state index contributed by atoms with van der Waals surface area (Å²) in [6.07, 6.45) is 1.64. The van der Waals surface area contributed by atoms with Gasteiger partial charge in [0.05, 0.1) is 0 Å². The Morgan fingerprint density at radius 3 is 3.00 bits per heavy atom. The van der Waals surface area contributed by atoms with Crippen LogP contribution in [0.15, 0.2) is 0 Å². The monoisotopic (exact) mass is 202 g/mol. The molecule has 0 aromatic rings. The van der Waals surface area contributed by atoms with Gasteiger partial charge in [-0.3, -0.25) is 0 Å². The van der Waals surface area contributed by atoms with Gasteiger partial charge in [0, 0.05) is 31.8 Å². The second-order valence-electron chi connectivity index (χ2n) is 3.92. The fourth-order valence-electron chi connectivity index (χ4n) is 1.62. The molecule has 0 amide bonds. The zero-order valence-corrected chi connectivity index (χ0v) is 10.5. The van der Waals surface area contributed by atoms with Crippen molar-refractivity contribution in [2.45, 2.75) is 39.3 Å². The van der Waals surface area contributed by atoms with E-state index in [1.165, 1.54) is 13.0 Å². The van der Waals surface area contributed by atoms with Crippen molar-refractivity contribution < 1.29 is 4.43 Å². The lowest BCUT2D eigenvalue weighted by atomic mass is 10.2. The third kappa shape index (κ3) is 3.77. The Morgan fingerprint density at radius 1 is 1.62 bits per heavy atom. The summed E-state index contributed by atoms with van der Waals surface area (Å²) in [5.41, 5.74) is 0. The molecule has 0 bridgehead atoms. The molecule has 13 heavy (non-hydrogen) atoms. The van der Waals surface area contributed by atoms with Gasteiger partial charge in [-0.1, -0.05) is 6.92 Å². The van der Waals surface area contributed by atoms with Gasteiger partial charge in [0.25, 0.3) is 0 Å². The van der Waals surface area contributed by atoms with Crippen molar-refractivity contribution in [1.82, 2.24) is 9.88 Å². The molecule has 0 aromatic carbocycles. The Morgan fingerprint density at radius 2 is 2.38 bits per heavy atom. The van der Waals surface area contributed by atoms with Crippen LogP contribution in [0.5, 0.6) is 0 Å². The van der Waals surface area contributed by atoms with Crippen molar-refractivity contribution in [3.05, 3.63) is 0 Å².